The van der Waals surface area contributed by atoms with E-state index < -0.39 is 0 Å². The van der Waals surface area contributed by atoms with Gasteiger partial charge in [0.2, 0.25) is 0 Å². The smallest absolute Gasteiger partial charge is 0.159 e. The van der Waals surface area contributed by atoms with Gasteiger partial charge in [0, 0.05) is 5.56 Å². The predicted molar refractivity (Wildman–Crippen MR) is 112 cm³/mol. The third-order valence-electron chi connectivity index (χ3n) is 5.92. The van der Waals surface area contributed by atoms with Gasteiger partial charge in [0.1, 0.15) is 0 Å². The van der Waals surface area contributed by atoms with Crippen LogP contribution in [0.15, 0.2) is 36.7 Å². The predicted octanol–water partition coefficient (Wildman–Crippen LogP) is 6.47. The summed E-state index contributed by atoms with van der Waals surface area (Å²) in [6, 6.07) is 8.77. The van der Waals surface area contributed by atoms with E-state index >= 15 is 0 Å². The Kier molecular flexibility index (Phi) is 7.67. The Morgan fingerprint density at radius 3 is 2.11 bits per heavy atom. The van der Waals surface area contributed by atoms with Crippen LogP contribution in [-0.2, 0) is 6.42 Å². The second-order valence-corrected chi connectivity index (χ2v) is 7.94. The van der Waals surface area contributed by atoms with E-state index in [0.29, 0.717) is 6.61 Å². The molecule has 1 aliphatic carbocycles. The Balaban J connectivity index is 1.45. The molecule has 27 heavy (non-hydrogen) atoms. The number of rotatable bonds is 9. The van der Waals surface area contributed by atoms with Gasteiger partial charge in [0.15, 0.2) is 11.6 Å². The van der Waals surface area contributed by atoms with Crippen LogP contribution < -0.4 is 4.74 Å². The van der Waals surface area contributed by atoms with Crippen LogP contribution in [0.3, 0.4) is 0 Å². The number of benzene rings is 1. The minimum Gasteiger partial charge on any atom is -0.491 e. The fraction of sp³-hybridized carbons (Fsp3) is 0.583. The Morgan fingerprint density at radius 1 is 0.889 bits per heavy atom. The Bertz CT molecular complexity index is 658. The van der Waals surface area contributed by atoms with Crippen LogP contribution in [-0.4, -0.2) is 16.6 Å². The zero-order chi connectivity index (χ0) is 18.9. The Labute approximate surface area is 164 Å². The third kappa shape index (κ3) is 6.05. The van der Waals surface area contributed by atoms with Crippen molar-refractivity contribution in [2.45, 2.75) is 71.6 Å². The Hall–Kier alpha value is -1.90. The summed E-state index contributed by atoms with van der Waals surface area (Å²) < 4.78 is 5.41. The van der Waals surface area contributed by atoms with Crippen molar-refractivity contribution >= 4 is 0 Å². The van der Waals surface area contributed by atoms with Gasteiger partial charge in [0.05, 0.1) is 19.0 Å². The molecule has 1 fully saturated rings. The molecule has 0 aliphatic heterocycles. The summed E-state index contributed by atoms with van der Waals surface area (Å²) in [4.78, 5) is 8.82. The van der Waals surface area contributed by atoms with Gasteiger partial charge in [-0.15, -0.1) is 0 Å². The van der Waals surface area contributed by atoms with Gasteiger partial charge in [0.25, 0.3) is 0 Å². The van der Waals surface area contributed by atoms with E-state index in [0.717, 1.165) is 29.0 Å². The highest BCUT2D eigenvalue weighted by molar-refractivity contribution is 5.55. The molecule has 0 unspecified atom stereocenters. The third-order valence-corrected chi connectivity index (χ3v) is 5.92. The van der Waals surface area contributed by atoms with Crippen molar-refractivity contribution < 1.29 is 4.74 Å². The molecular formula is C24H34N2O. The number of ether oxygens (including phenoxy) is 1. The molecule has 0 saturated heterocycles. The first kappa shape index (κ1) is 19.9. The highest BCUT2D eigenvalue weighted by Crippen LogP contribution is 2.34. The largest absolute Gasteiger partial charge is 0.491 e. The lowest BCUT2D eigenvalue weighted by molar-refractivity contribution is 0.250. The highest BCUT2D eigenvalue weighted by Gasteiger charge is 2.20. The topological polar surface area (TPSA) is 35.0 Å². The van der Waals surface area contributed by atoms with Crippen LogP contribution in [0.5, 0.6) is 5.75 Å². The van der Waals surface area contributed by atoms with E-state index in [4.69, 9.17) is 4.74 Å². The van der Waals surface area contributed by atoms with Crippen molar-refractivity contribution in [3.8, 4) is 17.1 Å². The minimum absolute atomic E-state index is 0.637. The summed E-state index contributed by atoms with van der Waals surface area (Å²) in [6.45, 7) is 4.90. The maximum atomic E-state index is 5.41. The van der Waals surface area contributed by atoms with Gasteiger partial charge < -0.3 is 4.74 Å². The van der Waals surface area contributed by atoms with Crippen LogP contribution >= 0.6 is 0 Å². The normalized spacial score (nSPS) is 19.8. The molecule has 0 spiro atoms. The zero-order valence-electron chi connectivity index (χ0n) is 17.0. The van der Waals surface area contributed by atoms with E-state index in [-0.39, 0.29) is 0 Å². The first-order valence-electron chi connectivity index (χ1n) is 10.8. The maximum absolute atomic E-state index is 5.41. The van der Waals surface area contributed by atoms with Gasteiger partial charge in [-0.05, 0) is 37.2 Å². The van der Waals surface area contributed by atoms with Crippen LogP contribution in [0, 0.1) is 11.8 Å². The zero-order valence-corrected chi connectivity index (χ0v) is 17.0. The number of hydrogen-bond donors (Lipinski definition) is 0. The molecule has 1 saturated carbocycles. The van der Waals surface area contributed by atoms with Crippen LogP contribution in [0.25, 0.3) is 11.4 Å². The molecule has 1 aliphatic rings. The number of unbranched alkanes of at least 4 members (excludes halogenated alkanes) is 1. The number of nitrogens with zero attached hydrogens (tertiary/aromatic N) is 2. The van der Waals surface area contributed by atoms with Crippen molar-refractivity contribution in [3.05, 3.63) is 42.2 Å². The minimum atomic E-state index is 0.637. The summed E-state index contributed by atoms with van der Waals surface area (Å²) >= 11 is 0. The van der Waals surface area contributed by atoms with Gasteiger partial charge >= 0.3 is 0 Å². The molecule has 0 amide bonds. The molecule has 1 aromatic carbocycles. The molecule has 0 N–H and O–H groups in total. The lowest BCUT2D eigenvalue weighted by Gasteiger charge is -2.28. The SMILES string of the molecule is CCCCC1CCC(CCc2ccc(-c3ncc(OCC)cn3)cc2)CC1. The molecule has 146 valence electrons. The average molecular weight is 367 g/mol. The molecule has 1 aromatic heterocycles. The summed E-state index contributed by atoms with van der Waals surface area (Å²) in [7, 11) is 0. The van der Waals surface area contributed by atoms with Crippen molar-refractivity contribution in [1.82, 2.24) is 9.97 Å². The van der Waals surface area contributed by atoms with E-state index in [2.05, 4.69) is 41.2 Å². The maximum Gasteiger partial charge on any atom is 0.159 e. The number of hydrogen-bond acceptors (Lipinski definition) is 3. The second kappa shape index (κ2) is 10.4. The van der Waals surface area contributed by atoms with Gasteiger partial charge in [-0.2, -0.15) is 0 Å². The number of aromatic nitrogens is 2. The van der Waals surface area contributed by atoms with Gasteiger partial charge in [-0.25, -0.2) is 9.97 Å². The van der Waals surface area contributed by atoms with E-state index in [9.17, 15) is 0 Å². The molecule has 0 radical (unpaired) electrons. The van der Waals surface area contributed by atoms with Crippen molar-refractivity contribution in [2.24, 2.45) is 11.8 Å². The Morgan fingerprint density at radius 2 is 1.52 bits per heavy atom. The quantitative estimate of drug-likeness (QED) is 0.510. The van der Waals surface area contributed by atoms with Gasteiger partial charge in [-0.1, -0.05) is 76.1 Å². The lowest BCUT2D eigenvalue weighted by atomic mass is 9.78. The fourth-order valence-corrected chi connectivity index (χ4v) is 4.20. The van der Waals surface area contributed by atoms with E-state index in [1.165, 1.54) is 63.4 Å². The molecule has 0 atom stereocenters. The molecule has 3 nitrogen and oxygen atoms in total. The standard InChI is InChI=1S/C24H34N2O/c1-3-5-6-19-7-9-20(10-8-19)11-12-21-13-15-22(16-14-21)24-25-17-23(18-26-24)27-4-2/h13-20H,3-12H2,1-2H3. The summed E-state index contributed by atoms with van der Waals surface area (Å²) in [5.41, 5.74) is 2.50. The van der Waals surface area contributed by atoms with E-state index in [1.807, 2.05) is 6.92 Å². The summed E-state index contributed by atoms with van der Waals surface area (Å²) in [5, 5.41) is 0. The fourth-order valence-electron chi connectivity index (χ4n) is 4.20. The first-order chi connectivity index (χ1) is 13.3. The molecule has 0 bridgehead atoms. The second-order valence-electron chi connectivity index (χ2n) is 7.94. The molecule has 2 aromatic rings. The van der Waals surface area contributed by atoms with Crippen LogP contribution in [0.1, 0.15) is 70.8 Å². The first-order valence-corrected chi connectivity index (χ1v) is 10.8. The van der Waals surface area contributed by atoms with Crippen LogP contribution in [0.2, 0.25) is 0 Å². The van der Waals surface area contributed by atoms with Gasteiger partial charge in [-0.3, -0.25) is 0 Å². The highest BCUT2D eigenvalue weighted by atomic mass is 16.5. The molecule has 3 heteroatoms. The molecular weight excluding hydrogens is 332 g/mol. The summed E-state index contributed by atoms with van der Waals surface area (Å²) in [5.74, 6) is 3.42. The molecule has 3 rings (SSSR count). The van der Waals surface area contributed by atoms with Crippen molar-refractivity contribution in [1.29, 1.82) is 0 Å². The molecule has 1 heterocycles. The van der Waals surface area contributed by atoms with Crippen molar-refractivity contribution in [2.75, 3.05) is 6.61 Å². The number of aryl methyl sites for hydroxylation is 1. The monoisotopic (exact) mass is 366 g/mol. The van der Waals surface area contributed by atoms with Crippen LogP contribution in [0.4, 0.5) is 0 Å². The lowest BCUT2D eigenvalue weighted by Crippen LogP contribution is -2.15. The van der Waals surface area contributed by atoms with E-state index in [1.54, 1.807) is 12.4 Å². The van der Waals surface area contributed by atoms with Crippen molar-refractivity contribution in [3.63, 3.8) is 0 Å². The average Bonchev–Trinajstić information content (AvgIpc) is 2.73. The summed E-state index contributed by atoms with van der Waals surface area (Å²) in [6.07, 6.45) is 16.0.